The molecule has 2 amide bonds. The van der Waals surface area contributed by atoms with Gasteiger partial charge in [-0.15, -0.1) is 0 Å². The van der Waals surface area contributed by atoms with Gasteiger partial charge in [-0.1, -0.05) is 24.3 Å². The van der Waals surface area contributed by atoms with E-state index in [0.29, 0.717) is 12.3 Å². The Balaban J connectivity index is 2.15. The first-order valence-corrected chi connectivity index (χ1v) is 9.72. The van der Waals surface area contributed by atoms with Crippen molar-refractivity contribution in [2.24, 2.45) is 0 Å². The number of carbonyl (C=O) groups is 2. The van der Waals surface area contributed by atoms with Crippen LogP contribution in [-0.2, 0) is 16.1 Å². The molecule has 0 aliphatic carbocycles. The van der Waals surface area contributed by atoms with Gasteiger partial charge in [0.2, 0.25) is 5.91 Å². The van der Waals surface area contributed by atoms with Gasteiger partial charge in [-0.25, -0.2) is 0 Å². The zero-order chi connectivity index (χ0) is 21.4. The van der Waals surface area contributed by atoms with Crippen molar-refractivity contribution in [3.8, 4) is 11.5 Å². The van der Waals surface area contributed by atoms with Crippen LogP contribution in [0.2, 0.25) is 0 Å². The molecule has 0 heterocycles. The van der Waals surface area contributed by atoms with Crippen LogP contribution in [0, 0.1) is 6.92 Å². The molecule has 0 spiro atoms. The van der Waals surface area contributed by atoms with E-state index in [2.05, 4.69) is 5.32 Å². The molecule has 0 saturated carbocycles. The summed E-state index contributed by atoms with van der Waals surface area (Å²) in [4.78, 5) is 27.0. The molecular weight excluding hydrogens is 368 g/mol. The Morgan fingerprint density at radius 3 is 2.31 bits per heavy atom. The maximum absolute atomic E-state index is 13.0. The van der Waals surface area contributed by atoms with Crippen LogP contribution >= 0.6 is 0 Å². The molecule has 6 nitrogen and oxygen atoms in total. The predicted octanol–water partition coefficient (Wildman–Crippen LogP) is 3.32. The third kappa shape index (κ3) is 6.82. The largest absolute Gasteiger partial charge is 0.497 e. The number of hydrogen-bond acceptors (Lipinski definition) is 4. The van der Waals surface area contributed by atoms with Crippen LogP contribution in [0.1, 0.15) is 31.9 Å². The summed E-state index contributed by atoms with van der Waals surface area (Å²) in [6.45, 7) is 7.63. The molecule has 156 valence electrons. The van der Waals surface area contributed by atoms with Crippen molar-refractivity contribution >= 4 is 11.8 Å². The fraction of sp³-hybridized carbons (Fsp3) is 0.391. The SMILES string of the molecule is COc1ccc(CN(C(=O)COc2cccc(C)c2)C(C)C(=O)NC(C)C)cc1. The quantitative estimate of drug-likeness (QED) is 0.704. The highest BCUT2D eigenvalue weighted by Crippen LogP contribution is 2.16. The number of hydrogen-bond donors (Lipinski definition) is 1. The third-order valence-electron chi connectivity index (χ3n) is 4.46. The van der Waals surface area contributed by atoms with Crippen LogP contribution in [-0.4, -0.2) is 42.5 Å². The molecule has 0 aliphatic rings. The lowest BCUT2D eigenvalue weighted by atomic mass is 10.1. The number of rotatable bonds is 9. The standard InChI is InChI=1S/C23H30N2O4/c1-16(2)24-23(27)18(4)25(14-19-9-11-20(28-5)12-10-19)22(26)15-29-21-8-6-7-17(3)13-21/h6-13,16,18H,14-15H2,1-5H3,(H,24,27). The number of nitrogens with one attached hydrogen (secondary N) is 1. The lowest BCUT2D eigenvalue weighted by molar-refractivity contribution is -0.142. The molecule has 29 heavy (non-hydrogen) atoms. The molecule has 0 fully saturated rings. The van der Waals surface area contributed by atoms with E-state index in [1.54, 1.807) is 14.0 Å². The van der Waals surface area contributed by atoms with Gasteiger partial charge in [-0.2, -0.15) is 0 Å². The fourth-order valence-electron chi connectivity index (χ4n) is 2.85. The summed E-state index contributed by atoms with van der Waals surface area (Å²) in [7, 11) is 1.60. The van der Waals surface area contributed by atoms with Crippen molar-refractivity contribution < 1.29 is 19.1 Å². The summed E-state index contributed by atoms with van der Waals surface area (Å²) >= 11 is 0. The Bertz CT molecular complexity index is 818. The van der Waals surface area contributed by atoms with Crippen molar-refractivity contribution in [3.63, 3.8) is 0 Å². The van der Waals surface area contributed by atoms with E-state index in [4.69, 9.17) is 9.47 Å². The van der Waals surface area contributed by atoms with Crippen molar-refractivity contribution in [1.82, 2.24) is 10.2 Å². The van der Waals surface area contributed by atoms with Crippen molar-refractivity contribution in [3.05, 3.63) is 59.7 Å². The van der Waals surface area contributed by atoms with Gasteiger partial charge in [0.15, 0.2) is 6.61 Å². The second kappa shape index (κ2) is 10.5. The minimum absolute atomic E-state index is 0.00793. The molecule has 0 bridgehead atoms. The van der Waals surface area contributed by atoms with E-state index >= 15 is 0 Å². The average Bonchev–Trinajstić information content (AvgIpc) is 2.69. The molecule has 0 saturated heterocycles. The number of methoxy groups -OCH3 is 1. The van der Waals surface area contributed by atoms with Gasteiger partial charge in [0.1, 0.15) is 17.5 Å². The summed E-state index contributed by atoms with van der Waals surface area (Å²) in [5.74, 6) is 0.910. The first-order chi connectivity index (χ1) is 13.8. The minimum Gasteiger partial charge on any atom is -0.497 e. The Hall–Kier alpha value is -3.02. The monoisotopic (exact) mass is 398 g/mol. The van der Waals surface area contributed by atoms with Crippen LogP contribution in [0.15, 0.2) is 48.5 Å². The highest BCUT2D eigenvalue weighted by atomic mass is 16.5. The van der Waals surface area contributed by atoms with Gasteiger partial charge in [-0.3, -0.25) is 9.59 Å². The van der Waals surface area contributed by atoms with Gasteiger partial charge in [-0.05, 0) is 63.1 Å². The van der Waals surface area contributed by atoms with Crippen molar-refractivity contribution in [2.75, 3.05) is 13.7 Å². The van der Waals surface area contributed by atoms with Crippen molar-refractivity contribution in [2.45, 2.75) is 46.3 Å². The van der Waals surface area contributed by atoms with Crippen LogP contribution < -0.4 is 14.8 Å². The molecule has 0 aliphatic heterocycles. The van der Waals surface area contributed by atoms with Crippen LogP contribution in [0.5, 0.6) is 11.5 Å². The minimum atomic E-state index is -0.631. The van der Waals surface area contributed by atoms with E-state index < -0.39 is 6.04 Å². The first kappa shape index (κ1) is 22.3. The van der Waals surface area contributed by atoms with Gasteiger partial charge >= 0.3 is 0 Å². The lowest BCUT2D eigenvalue weighted by Crippen LogP contribution is -2.50. The molecule has 1 N–H and O–H groups in total. The molecule has 1 atom stereocenters. The molecular formula is C23H30N2O4. The maximum atomic E-state index is 13.0. The van der Waals surface area contributed by atoms with Gasteiger partial charge in [0.25, 0.3) is 5.91 Å². The molecule has 1 unspecified atom stereocenters. The zero-order valence-electron chi connectivity index (χ0n) is 17.8. The second-order valence-corrected chi connectivity index (χ2v) is 7.31. The summed E-state index contributed by atoms with van der Waals surface area (Å²) in [6, 6.07) is 14.3. The third-order valence-corrected chi connectivity index (χ3v) is 4.46. The van der Waals surface area contributed by atoms with E-state index in [1.165, 1.54) is 4.90 Å². The Labute approximate surface area is 172 Å². The summed E-state index contributed by atoms with van der Waals surface area (Å²) in [5.41, 5.74) is 1.95. The molecule has 0 radical (unpaired) electrons. The molecule has 6 heteroatoms. The van der Waals surface area contributed by atoms with Gasteiger partial charge < -0.3 is 19.7 Å². The van der Waals surface area contributed by atoms with Gasteiger partial charge in [0.05, 0.1) is 7.11 Å². The molecule has 0 aromatic heterocycles. The summed E-state index contributed by atoms with van der Waals surface area (Å²) in [6.07, 6.45) is 0. The first-order valence-electron chi connectivity index (χ1n) is 9.72. The van der Waals surface area contributed by atoms with E-state index in [1.807, 2.05) is 69.3 Å². The number of amides is 2. The maximum Gasteiger partial charge on any atom is 0.261 e. The molecule has 2 aromatic rings. The van der Waals surface area contributed by atoms with Crippen LogP contribution in [0.4, 0.5) is 0 Å². The fourth-order valence-corrected chi connectivity index (χ4v) is 2.85. The van der Waals surface area contributed by atoms with Gasteiger partial charge in [0, 0.05) is 12.6 Å². The summed E-state index contributed by atoms with van der Waals surface area (Å²) < 4.78 is 10.9. The summed E-state index contributed by atoms with van der Waals surface area (Å²) in [5, 5.41) is 2.87. The normalized spacial score (nSPS) is 11.7. The molecule has 2 rings (SSSR count). The van der Waals surface area contributed by atoms with E-state index in [0.717, 1.165) is 16.9 Å². The molecule has 2 aromatic carbocycles. The van der Waals surface area contributed by atoms with Crippen LogP contribution in [0.3, 0.4) is 0 Å². The number of ether oxygens (including phenoxy) is 2. The van der Waals surface area contributed by atoms with E-state index in [-0.39, 0.29) is 24.5 Å². The highest BCUT2D eigenvalue weighted by molar-refractivity contribution is 5.88. The Morgan fingerprint density at radius 1 is 1.03 bits per heavy atom. The average molecular weight is 399 g/mol. The van der Waals surface area contributed by atoms with Crippen molar-refractivity contribution in [1.29, 1.82) is 0 Å². The number of nitrogens with zero attached hydrogens (tertiary/aromatic N) is 1. The Morgan fingerprint density at radius 2 is 1.72 bits per heavy atom. The predicted molar refractivity (Wildman–Crippen MR) is 113 cm³/mol. The highest BCUT2D eigenvalue weighted by Gasteiger charge is 2.26. The second-order valence-electron chi connectivity index (χ2n) is 7.31. The number of aryl methyl sites for hydroxylation is 1. The Kier molecular flexibility index (Phi) is 8.07. The number of carbonyl (C=O) groups excluding carboxylic acids is 2. The van der Waals surface area contributed by atoms with Crippen LogP contribution in [0.25, 0.3) is 0 Å². The topological polar surface area (TPSA) is 67.9 Å². The van der Waals surface area contributed by atoms with E-state index in [9.17, 15) is 9.59 Å². The lowest BCUT2D eigenvalue weighted by Gasteiger charge is -2.29. The smallest absolute Gasteiger partial charge is 0.261 e. The number of benzene rings is 2. The zero-order valence-corrected chi connectivity index (χ0v) is 17.8.